The van der Waals surface area contributed by atoms with E-state index >= 15 is 0 Å². The Labute approximate surface area is 177 Å². The summed E-state index contributed by atoms with van der Waals surface area (Å²) in [5, 5.41) is 0. The van der Waals surface area contributed by atoms with Crippen LogP contribution in [0.2, 0.25) is 0 Å². The van der Waals surface area contributed by atoms with Crippen LogP contribution in [-0.4, -0.2) is 24.4 Å². The first-order valence-corrected chi connectivity index (χ1v) is 10.3. The summed E-state index contributed by atoms with van der Waals surface area (Å²) in [7, 11) is 0. The molecule has 156 valence electrons. The molecule has 3 rings (SSSR count). The highest BCUT2D eigenvalue weighted by Crippen LogP contribution is 2.40. The largest absolute Gasteiger partial charge is 0.463 e. The van der Waals surface area contributed by atoms with Crippen molar-refractivity contribution in [3.8, 4) is 0 Å². The molecule has 0 atom stereocenters. The highest BCUT2D eigenvalue weighted by Gasteiger charge is 2.40. The Bertz CT molecular complexity index is 1010. The Balaban J connectivity index is 2.14. The van der Waals surface area contributed by atoms with E-state index in [1.165, 1.54) is 17.1 Å². The van der Waals surface area contributed by atoms with Crippen LogP contribution in [0.1, 0.15) is 83.9 Å². The van der Waals surface area contributed by atoms with Crippen molar-refractivity contribution in [1.82, 2.24) is 0 Å². The number of benzene rings is 2. The van der Waals surface area contributed by atoms with Crippen LogP contribution in [0.4, 0.5) is 5.69 Å². The molecule has 0 aromatic heterocycles. The molecule has 5 heteroatoms. The Kier molecular flexibility index (Phi) is 6.20. The summed E-state index contributed by atoms with van der Waals surface area (Å²) >= 11 is 0. The van der Waals surface area contributed by atoms with Gasteiger partial charge >= 0.3 is 5.97 Å². The Morgan fingerprint density at radius 1 is 0.967 bits per heavy atom. The lowest BCUT2D eigenvalue weighted by Gasteiger charge is -2.25. The van der Waals surface area contributed by atoms with Gasteiger partial charge in [0.05, 0.1) is 23.4 Å². The molecule has 2 aromatic rings. The average molecular weight is 405 g/mol. The molecule has 0 unspecified atom stereocenters. The lowest BCUT2D eigenvalue weighted by molar-refractivity contribution is -0.137. The number of nitrogens with zero attached hydrogens (tertiary/aromatic N) is 1. The number of fused-ring (bicyclic) bond motifs is 1. The van der Waals surface area contributed by atoms with Crippen molar-refractivity contribution in [2.75, 3.05) is 11.5 Å². The van der Waals surface area contributed by atoms with Crippen LogP contribution in [0.15, 0.2) is 42.5 Å². The van der Waals surface area contributed by atoms with Crippen LogP contribution >= 0.6 is 0 Å². The molecular formula is C25H27NO4. The summed E-state index contributed by atoms with van der Waals surface area (Å²) in [4.78, 5) is 39.9. The van der Waals surface area contributed by atoms with E-state index in [-0.39, 0.29) is 30.3 Å². The average Bonchev–Trinajstić information content (AvgIpc) is 2.96. The van der Waals surface area contributed by atoms with Gasteiger partial charge in [-0.05, 0) is 47.6 Å². The van der Waals surface area contributed by atoms with Gasteiger partial charge in [0.2, 0.25) is 0 Å². The number of imide groups is 1. The molecule has 1 aliphatic rings. The van der Waals surface area contributed by atoms with Gasteiger partial charge in [-0.1, -0.05) is 58.0 Å². The number of ether oxygens (including phenoxy) is 1. The second kappa shape index (κ2) is 8.66. The molecule has 2 aromatic carbocycles. The topological polar surface area (TPSA) is 63.7 Å². The lowest BCUT2D eigenvalue weighted by atomic mass is 9.92. The molecule has 0 spiro atoms. The zero-order valence-corrected chi connectivity index (χ0v) is 18.1. The Morgan fingerprint density at radius 3 is 2.13 bits per heavy atom. The zero-order chi connectivity index (χ0) is 22.0. The van der Waals surface area contributed by atoms with E-state index in [4.69, 9.17) is 4.74 Å². The van der Waals surface area contributed by atoms with E-state index < -0.39 is 5.97 Å². The molecule has 1 heterocycles. The first kappa shape index (κ1) is 21.5. The predicted molar refractivity (Wildman–Crippen MR) is 118 cm³/mol. The van der Waals surface area contributed by atoms with Crippen LogP contribution in [0.5, 0.6) is 0 Å². The molecule has 0 aliphatic carbocycles. The summed E-state index contributed by atoms with van der Waals surface area (Å²) in [5.41, 5.74) is 3.78. The van der Waals surface area contributed by atoms with Crippen molar-refractivity contribution in [1.29, 1.82) is 0 Å². The third kappa shape index (κ3) is 3.80. The molecule has 5 nitrogen and oxygen atoms in total. The third-order valence-electron chi connectivity index (χ3n) is 5.20. The maximum Gasteiger partial charge on any atom is 0.330 e. The van der Waals surface area contributed by atoms with Gasteiger partial charge in [0, 0.05) is 6.08 Å². The molecule has 0 bridgehead atoms. The number of carbonyl (C=O) groups is 3. The van der Waals surface area contributed by atoms with Gasteiger partial charge in [0.1, 0.15) is 0 Å². The molecule has 2 amide bonds. The Morgan fingerprint density at radius 2 is 1.57 bits per heavy atom. The van der Waals surface area contributed by atoms with Gasteiger partial charge in [-0.2, -0.15) is 0 Å². The minimum Gasteiger partial charge on any atom is -0.463 e. The minimum absolute atomic E-state index is 0.145. The zero-order valence-electron chi connectivity index (χ0n) is 18.1. The van der Waals surface area contributed by atoms with E-state index in [9.17, 15) is 14.4 Å². The van der Waals surface area contributed by atoms with Crippen molar-refractivity contribution in [3.05, 3.63) is 70.3 Å². The monoisotopic (exact) mass is 405 g/mol. The highest BCUT2D eigenvalue weighted by molar-refractivity contribution is 6.35. The van der Waals surface area contributed by atoms with E-state index in [1.807, 2.05) is 18.2 Å². The maximum atomic E-state index is 13.5. The second-order valence-electron chi connectivity index (χ2n) is 7.90. The fraction of sp³-hybridized carbons (Fsp3) is 0.320. The summed E-state index contributed by atoms with van der Waals surface area (Å²) in [5.74, 6) is -0.904. The van der Waals surface area contributed by atoms with Gasteiger partial charge in [-0.15, -0.1) is 0 Å². The van der Waals surface area contributed by atoms with E-state index in [0.717, 1.165) is 11.1 Å². The second-order valence-corrected chi connectivity index (χ2v) is 7.90. The fourth-order valence-corrected chi connectivity index (χ4v) is 3.77. The number of hydrogen-bond acceptors (Lipinski definition) is 4. The van der Waals surface area contributed by atoms with Crippen molar-refractivity contribution >= 4 is 29.5 Å². The normalized spacial score (nSPS) is 13.6. The molecule has 0 fully saturated rings. The van der Waals surface area contributed by atoms with Crippen LogP contribution in [-0.2, 0) is 9.53 Å². The van der Waals surface area contributed by atoms with E-state index in [2.05, 4.69) is 27.7 Å². The van der Waals surface area contributed by atoms with Gasteiger partial charge < -0.3 is 4.74 Å². The molecule has 0 radical (unpaired) electrons. The van der Waals surface area contributed by atoms with Crippen molar-refractivity contribution < 1.29 is 19.1 Å². The number of esters is 1. The quantitative estimate of drug-likeness (QED) is 0.371. The summed E-state index contributed by atoms with van der Waals surface area (Å²) in [6, 6.07) is 11.0. The third-order valence-corrected chi connectivity index (χ3v) is 5.20. The minimum atomic E-state index is -0.490. The van der Waals surface area contributed by atoms with Crippen LogP contribution in [0.3, 0.4) is 0 Å². The number of rotatable bonds is 6. The first-order valence-electron chi connectivity index (χ1n) is 10.3. The van der Waals surface area contributed by atoms with Crippen LogP contribution in [0, 0.1) is 0 Å². The first-order chi connectivity index (χ1) is 14.3. The van der Waals surface area contributed by atoms with Gasteiger partial charge in [-0.3, -0.25) is 9.59 Å². The molecule has 0 N–H and O–H groups in total. The van der Waals surface area contributed by atoms with Crippen LogP contribution < -0.4 is 4.90 Å². The smallest absolute Gasteiger partial charge is 0.330 e. The van der Waals surface area contributed by atoms with E-state index in [1.54, 1.807) is 25.1 Å². The number of anilines is 1. The molecule has 1 aliphatic heterocycles. The SMILES string of the molecule is CCOC(=O)/C=C/c1cccc2c1C(=O)N(c1c(C(C)C)cccc1C(C)C)C2=O. The maximum absolute atomic E-state index is 13.5. The fourth-order valence-electron chi connectivity index (χ4n) is 3.77. The van der Waals surface area contributed by atoms with Gasteiger partial charge in [0.25, 0.3) is 11.8 Å². The molecular weight excluding hydrogens is 378 g/mol. The molecule has 30 heavy (non-hydrogen) atoms. The number of carbonyl (C=O) groups excluding carboxylic acids is 3. The van der Waals surface area contributed by atoms with Crippen LogP contribution in [0.25, 0.3) is 6.08 Å². The van der Waals surface area contributed by atoms with E-state index in [0.29, 0.717) is 22.4 Å². The van der Waals surface area contributed by atoms with Crippen molar-refractivity contribution in [2.24, 2.45) is 0 Å². The Hall–Kier alpha value is -3.21. The van der Waals surface area contributed by atoms with Crippen molar-refractivity contribution in [2.45, 2.75) is 46.5 Å². The van der Waals surface area contributed by atoms with Gasteiger partial charge in [0.15, 0.2) is 0 Å². The number of para-hydroxylation sites is 1. The number of hydrogen-bond donors (Lipinski definition) is 0. The lowest BCUT2D eigenvalue weighted by Crippen LogP contribution is -2.32. The summed E-state index contributed by atoms with van der Waals surface area (Å²) in [6.45, 7) is 10.2. The van der Waals surface area contributed by atoms with Gasteiger partial charge in [-0.25, -0.2) is 9.69 Å². The number of amides is 2. The highest BCUT2D eigenvalue weighted by atomic mass is 16.5. The summed E-state index contributed by atoms with van der Waals surface area (Å²) in [6.07, 6.45) is 2.81. The molecule has 0 saturated carbocycles. The molecule has 0 saturated heterocycles. The van der Waals surface area contributed by atoms with Crippen molar-refractivity contribution in [3.63, 3.8) is 0 Å². The summed E-state index contributed by atoms with van der Waals surface area (Å²) < 4.78 is 4.92. The standard InChI is InChI=1S/C25H27NO4/c1-6-30-21(27)14-13-17-9-7-12-20-22(17)25(29)26(24(20)28)23-18(15(2)3)10-8-11-19(23)16(4)5/h7-16H,6H2,1-5H3/b14-13+. The predicted octanol–water partition coefficient (Wildman–Crippen LogP) is 5.31.